The van der Waals surface area contributed by atoms with E-state index in [0.29, 0.717) is 0 Å². The Balaban J connectivity index is 2.17. The van der Waals surface area contributed by atoms with Crippen LogP contribution in [-0.2, 0) is 18.7 Å². The minimum Gasteiger partial charge on any atom is -0.399 e. The summed E-state index contributed by atoms with van der Waals surface area (Å²) in [5, 5.41) is 4.63. The molecule has 0 bridgehead atoms. The fraction of sp³-hybridized carbons (Fsp3) is 0.400. The van der Waals surface area contributed by atoms with E-state index in [2.05, 4.69) is 51.7 Å². The Labute approximate surface area is 133 Å². The van der Waals surface area contributed by atoms with Crippen LogP contribution in [0.4, 0.5) is 5.69 Å². The lowest BCUT2D eigenvalue weighted by atomic mass is 10.2. The van der Waals surface area contributed by atoms with Crippen molar-refractivity contribution >= 4 is 33.4 Å². The molecule has 0 spiro atoms. The van der Waals surface area contributed by atoms with E-state index >= 15 is 0 Å². The van der Waals surface area contributed by atoms with Gasteiger partial charge in [-0.15, -0.1) is 11.8 Å². The Bertz CT molecular complexity index is 607. The van der Waals surface area contributed by atoms with Crippen molar-refractivity contribution in [1.29, 1.82) is 0 Å². The fourth-order valence-corrected chi connectivity index (χ4v) is 3.96. The van der Waals surface area contributed by atoms with Crippen molar-refractivity contribution < 1.29 is 0 Å². The quantitative estimate of drug-likeness (QED) is 0.639. The Morgan fingerprint density at radius 1 is 1.35 bits per heavy atom. The second-order valence-electron chi connectivity index (χ2n) is 4.68. The van der Waals surface area contributed by atoms with E-state index in [-0.39, 0.29) is 0 Å². The molecule has 0 atom stereocenters. The van der Waals surface area contributed by atoms with Crippen LogP contribution in [0.1, 0.15) is 30.8 Å². The van der Waals surface area contributed by atoms with Gasteiger partial charge in [-0.3, -0.25) is 4.68 Å². The summed E-state index contributed by atoms with van der Waals surface area (Å²) in [5.74, 6) is 0.908. The minimum atomic E-state index is 0.849. The van der Waals surface area contributed by atoms with E-state index in [1.165, 1.54) is 10.6 Å². The van der Waals surface area contributed by atoms with Gasteiger partial charge >= 0.3 is 0 Å². The summed E-state index contributed by atoms with van der Waals surface area (Å²) in [6.45, 7) is 7.20. The highest BCUT2D eigenvalue weighted by Gasteiger charge is 2.14. The van der Waals surface area contributed by atoms with Crippen molar-refractivity contribution in [3.63, 3.8) is 0 Å². The summed E-state index contributed by atoms with van der Waals surface area (Å²) >= 11 is 5.50. The third-order valence-electron chi connectivity index (χ3n) is 3.31. The molecule has 5 heteroatoms. The number of halogens is 1. The van der Waals surface area contributed by atoms with Gasteiger partial charge in [-0.2, -0.15) is 5.10 Å². The van der Waals surface area contributed by atoms with Crippen LogP contribution in [0.2, 0.25) is 0 Å². The minimum absolute atomic E-state index is 0.849. The summed E-state index contributed by atoms with van der Waals surface area (Å²) < 4.78 is 3.24. The SMILES string of the molecule is CCc1nn(CC)c(CSc2ccc(N)c(C)c2)c1Br. The van der Waals surface area contributed by atoms with Gasteiger partial charge in [0, 0.05) is 22.9 Å². The monoisotopic (exact) mass is 353 g/mol. The number of rotatable bonds is 5. The number of benzene rings is 1. The van der Waals surface area contributed by atoms with E-state index in [1.807, 2.05) is 24.8 Å². The Morgan fingerprint density at radius 2 is 2.10 bits per heavy atom. The van der Waals surface area contributed by atoms with Crippen molar-refractivity contribution in [3.05, 3.63) is 39.6 Å². The first-order valence-corrected chi connectivity index (χ1v) is 8.57. The van der Waals surface area contributed by atoms with E-state index in [1.54, 1.807) is 0 Å². The lowest BCUT2D eigenvalue weighted by molar-refractivity contribution is 0.627. The van der Waals surface area contributed by atoms with Crippen LogP contribution in [0.5, 0.6) is 0 Å². The third-order valence-corrected chi connectivity index (χ3v) is 5.23. The summed E-state index contributed by atoms with van der Waals surface area (Å²) in [6.07, 6.45) is 0.951. The number of nitrogen functional groups attached to an aromatic ring is 1. The molecular weight excluding hydrogens is 334 g/mol. The van der Waals surface area contributed by atoms with Gasteiger partial charge in [0.2, 0.25) is 0 Å². The molecule has 0 fully saturated rings. The van der Waals surface area contributed by atoms with Gasteiger partial charge in [-0.05, 0) is 60.0 Å². The molecule has 0 saturated carbocycles. The number of nitrogens with zero attached hydrogens (tertiary/aromatic N) is 2. The molecule has 2 rings (SSSR count). The molecule has 2 aromatic rings. The number of aryl methyl sites for hydroxylation is 3. The number of hydrogen-bond donors (Lipinski definition) is 1. The van der Waals surface area contributed by atoms with Gasteiger partial charge in [0.25, 0.3) is 0 Å². The number of anilines is 1. The Hall–Kier alpha value is -0.940. The molecule has 1 aromatic carbocycles. The van der Waals surface area contributed by atoms with Crippen LogP contribution in [0, 0.1) is 6.92 Å². The first kappa shape index (κ1) is 15.4. The van der Waals surface area contributed by atoms with Gasteiger partial charge in [-0.25, -0.2) is 0 Å². The van der Waals surface area contributed by atoms with E-state index in [9.17, 15) is 0 Å². The Kier molecular flexibility index (Phi) is 5.16. The second kappa shape index (κ2) is 6.68. The Morgan fingerprint density at radius 3 is 2.70 bits per heavy atom. The number of aromatic nitrogens is 2. The first-order chi connectivity index (χ1) is 9.56. The van der Waals surface area contributed by atoms with Gasteiger partial charge in [0.15, 0.2) is 0 Å². The van der Waals surface area contributed by atoms with Gasteiger partial charge in [-0.1, -0.05) is 6.92 Å². The lowest BCUT2D eigenvalue weighted by Crippen LogP contribution is -2.02. The van der Waals surface area contributed by atoms with E-state index in [4.69, 9.17) is 5.73 Å². The van der Waals surface area contributed by atoms with Gasteiger partial charge in [0.05, 0.1) is 15.9 Å². The number of thioether (sulfide) groups is 1. The molecule has 0 radical (unpaired) electrons. The largest absolute Gasteiger partial charge is 0.399 e. The van der Waals surface area contributed by atoms with E-state index in [0.717, 1.165) is 40.1 Å². The molecule has 108 valence electrons. The molecule has 1 aromatic heterocycles. The highest BCUT2D eigenvalue weighted by molar-refractivity contribution is 9.10. The topological polar surface area (TPSA) is 43.8 Å². The summed E-state index contributed by atoms with van der Waals surface area (Å²) in [6, 6.07) is 6.19. The predicted octanol–water partition coefficient (Wildman–Crippen LogP) is 4.41. The molecular formula is C15H20BrN3S. The van der Waals surface area contributed by atoms with Crippen LogP contribution >= 0.6 is 27.7 Å². The zero-order valence-electron chi connectivity index (χ0n) is 12.1. The summed E-state index contributed by atoms with van der Waals surface area (Å²) in [7, 11) is 0. The molecule has 2 N–H and O–H groups in total. The standard InChI is InChI=1S/C15H20BrN3S/c1-4-13-15(16)14(19(5-2)18-13)9-20-11-6-7-12(17)10(3)8-11/h6-8H,4-5,9,17H2,1-3H3. The van der Waals surface area contributed by atoms with Crippen molar-refractivity contribution in [3.8, 4) is 0 Å². The van der Waals surface area contributed by atoms with Gasteiger partial charge in [0.1, 0.15) is 0 Å². The molecule has 0 saturated heterocycles. The average molecular weight is 354 g/mol. The highest BCUT2D eigenvalue weighted by Crippen LogP contribution is 2.30. The van der Waals surface area contributed by atoms with Crippen molar-refractivity contribution in [2.75, 3.05) is 5.73 Å². The third kappa shape index (κ3) is 3.20. The van der Waals surface area contributed by atoms with Crippen LogP contribution in [0.15, 0.2) is 27.6 Å². The second-order valence-corrected chi connectivity index (χ2v) is 6.53. The normalized spacial score (nSPS) is 11.0. The number of hydrogen-bond acceptors (Lipinski definition) is 3. The van der Waals surface area contributed by atoms with Crippen molar-refractivity contribution in [1.82, 2.24) is 9.78 Å². The zero-order valence-corrected chi connectivity index (χ0v) is 14.5. The molecule has 0 unspecified atom stereocenters. The number of nitrogens with two attached hydrogens (primary N) is 1. The molecule has 3 nitrogen and oxygen atoms in total. The van der Waals surface area contributed by atoms with Crippen LogP contribution < -0.4 is 5.73 Å². The van der Waals surface area contributed by atoms with E-state index < -0.39 is 0 Å². The maximum Gasteiger partial charge on any atom is 0.0767 e. The lowest BCUT2D eigenvalue weighted by Gasteiger charge is -2.07. The average Bonchev–Trinajstić information content (AvgIpc) is 2.76. The van der Waals surface area contributed by atoms with Crippen LogP contribution in [-0.4, -0.2) is 9.78 Å². The fourth-order valence-electron chi connectivity index (χ4n) is 2.04. The van der Waals surface area contributed by atoms with Crippen molar-refractivity contribution in [2.24, 2.45) is 0 Å². The van der Waals surface area contributed by atoms with Crippen LogP contribution in [0.25, 0.3) is 0 Å². The highest BCUT2D eigenvalue weighted by atomic mass is 79.9. The molecule has 0 aliphatic rings. The predicted molar refractivity (Wildman–Crippen MR) is 90.1 cm³/mol. The maximum absolute atomic E-state index is 5.86. The molecule has 0 aliphatic carbocycles. The molecule has 0 aliphatic heterocycles. The smallest absolute Gasteiger partial charge is 0.0767 e. The zero-order chi connectivity index (χ0) is 14.7. The maximum atomic E-state index is 5.86. The molecule has 0 amide bonds. The first-order valence-electron chi connectivity index (χ1n) is 6.79. The summed E-state index contributed by atoms with van der Waals surface area (Å²) in [5.41, 5.74) is 10.2. The molecule has 20 heavy (non-hydrogen) atoms. The van der Waals surface area contributed by atoms with Crippen LogP contribution in [0.3, 0.4) is 0 Å². The molecule has 1 heterocycles. The van der Waals surface area contributed by atoms with Gasteiger partial charge < -0.3 is 5.73 Å². The summed E-state index contributed by atoms with van der Waals surface area (Å²) in [4.78, 5) is 1.24. The van der Waals surface area contributed by atoms with Crippen molar-refractivity contribution in [2.45, 2.75) is 44.4 Å².